The van der Waals surface area contributed by atoms with E-state index < -0.39 is 15.8 Å². The van der Waals surface area contributed by atoms with Crippen molar-refractivity contribution in [3.63, 3.8) is 0 Å². The molecule has 7 aliphatic rings. The van der Waals surface area contributed by atoms with Crippen LogP contribution in [0.1, 0.15) is 63.4 Å². The third-order valence-electron chi connectivity index (χ3n) is 9.62. The molecule has 5 aliphatic carbocycles. The summed E-state index contributed by atoms with van der Waals surface area (Å²) in [6.07, 6.45) is 4.06. The van der Waals surface area contributed by atoms with Crippen LogP contribution in [-0.4, -0.2) is 59.7 Å². The molecule has 4 saturated carbocycles. The van der Waals surface area contributed by atoms with E-state index in [0.29, 0.717) is 35.8 Å². The first kappa shape index (κ1) is 20.1. The summed E-state index contributed by atoms with van der Waals surface area (Å²) in [4.78, 5) is 2.60. The Bertz CT molecular complexity index is 1140. The van der Waals surface area contributed by atoms with Gasteiger partial charge in [-0.1, -0.05) is 6.08 Å². The van der Waals surface area contributed by atoms with Gasteiger partial charge in [0, 0.05) is 48.0 Å². The molecule has 1 unspecified atom stereocenters. The number of fused-ring (bicyclic) bond motifs is 1. The standard InChI is InChI=1S/C24H31F2N3O2S/c1-14(2)29-19(10-17(27-29)15-3-5-23(25,26)6-4-15)24-16-9-18(21(24)20(16)24)28-8-7-22(11-28)12-32(30,31)13-22/h3,10,14,16,18,20-21H,4-9,11-13H2,1-2H3/t16-,18-,20-,21?,24-/m1/s1. The van der Waals surface area contributed by atoms with Crippen molar-refractivity contribution in [1.82, 2.24) is 14.7 Å². The van der Waals surface area contributed by atoms with Crippen LogP contribution in [0.2, 0.25) is 0 Å². The second kappa shape index (κ2) is 5.85. The zero-order valence-corrected chi connectivity index (χ0v) is 19.5. The Morgan fingerprint density at radius 1 is 1.19 bits per heavy atom. The summed E-state index contributed by atoms with van der Waals surface area (Å²) in [7, 11) is -2.79. The first-order chi connectivity index (χ1) is 15.1. The van der Waals surface area contributed by atoms with Gasteiger partial charge in [-0.15, -0.1) is 0 Å². The number of hydrogen-bond acceptors (Lipinski definition) is 4. The predicted octanol–water partition coefficient (Wildman–Crippen LogP) is 3.67. The summed E-state index contributed by atoms with van der Waals surface area (Å²) in [6, 6.07) is 3.03. The average Bonchev–Trinajstić information content (AvgIpc) is 3.15. The van der Waals surface area contributed by atoms with Gasteiger partial charge in [0.2, 0.25) is 0 Å². The van der Waals surface area contributed by atoms with Crippen LogP contribution < -0.4 is 0 Å². The zero-order valence-electron chi connectivity index (χ0n) is 18.7. The Balaban J connectivity index is 1.14. The maximum Gasteiger partial charge on any atom is 0.251 e. The summed E-state index contributed by atoms with van der Waals surface area (Å²) in [5, 5.41) is 4.92. The highest BCUT2D eigenvalue weighted by atomic mass is 32.2. The van der Waals surface area contributed by atoms with E-state index in [1.807, 2.05) is 0 Å². The van der Waals surface area contributed by atoms with Gasteiger partial charge in [-0.25, -0.2) is 17.2 Å². The molecular weight excluding hydrogens is 432 g/mol. The van der Waals surface area contributed by atoms with Crippen molar-refractivity contribution in [3.8, 4) is 0 Å². The van der Waals surface area contributed by atoms with E-state index in [2.05, 4.69) is 29.5 Å². The van der Waals surface area contributed by atoms with Gasteiger partial charge in [0.1, 0.15) is 0 Å². The van der Waals surface area contributed by atoms with E-state index in [1.165, 1.54) is 12.1 Å². The minimum atomic E-state index is -2.79. The number of aromatic nitrogens is 2. The second-order valence-electron chi connectivity index (χ2n) is 11.9. The van der Waals surface area contributed by atoms with Crippen LogP contribution in [0.5, 0.6) is 0 Å². The molecule has 1 spiro atoms. The van der Waals surface area contributed by atoms with Gasteiger partial charge in [-0.05, 0) is 69.0 Å². The van der Waals surface area contributed by atoms with Crippen molar-refractivity contribution in [3.05, 3.63) is 23.5 Å². The molecule has 174 valence electrons. The smallest absolute Gasteiger partial charge is 0.251 e. The van der Waals surface area contributed by atoms with E-state index in [0.717, 1.165) is 36.7 Å². The lowest BCUT2D eigenvalue weighted by atomic mass is 9.91. The minimum absolute atomic E-state index is 0.0245. The normalized spacial score (nSPS) is 42.1. The van der Waals surface area contributed by atoms with Crippen molar-refractivity contribution in [1.29, 1.82) is 0 Å². The number of halogens is 2. The number of nitrogens with zero attached hydrogens (tertiary/aromatic N) is 3. The lowest BCUT2D eigenvalue weighted by Crippen LogP contribution is -2.50. The topological polar surface area (TPSA) is 55.2 Å². The van der Waals surface area contributed by atoms with Gasteiger partial charge in [0.05, 0.1) is 17.2 Å². The number of alkyl halides is 2. The lowest BCUT2D eigenvalue weighted by molar-refractivity contribution is -0.00606. The molecular formula is C24H31F2N3O2S. The van der Waals surface area contributed by atoms with Crippen LogP contribution in [-0.2, 0) is 15.3 Å². The minimum Gasteiger partial charge on any atom is -0.299 e. The van der Waals surface area contributed by atoms with Crippen molar-refractivity contribution >= 4 is 15.4 Å². The molecule has 0 radical (unpaired) electrons. The number of sulfone groups is 1. The van der Waals surface area contributed by atoms with Crippen LogP contribution >= 0.6 is 0 Å². The van der Waals surface area contributed by atoms with Crippen molar-refractivity contribution in [2.75, 3.05) is 24.6 Å². The number of allylic oxidation sites excluding steroid dienone is 2. The Morgan fingerprint density at radius 2 is 1.97 bits per heavy atom. The molecule has 6 fully saturated rings. The molecule has 32 heavy (non-hydrogen) atoms. The van der Waals surface area contributed by atoms with Gasteiger partial charge < -0.3 is 0 Å². The molecule has 0 aromatic carbocycles. The van der Waals surface area contributed by atoms with Crippen molar-refractivity contribution in [2.45, 2.75) is 69.4 Å². The third-order valence-corrected chi connectivity index (χ3v) is 11.7. The Labute approximate surface area is 188 Å². The van der Waals surface area contributed by atoms with Gasteiger partial charge in [0.15, 0.2) is 9.84 Å². The van der Waals surface area contributed by atoms with Crippen molar-refractivity contribution < 1.29 is 17.2 Å². The maximum atomic E-state index is 13.6. The zero-order chi connectivity index (χ0) is 22.3. The van der Waals surface area contributed by atoms with Crippen LogP contribution in [0.25, 0.3) is 5.57 Å². The monoisotopic (exact) mass is 463 g/mol. The average molecular weight is 464 g/mol. The summed E-state index contributed by atoms with van der Waals surface area (Å²) in [6.45, 7) is 6.28. The molecule has 2 bridgehead atoms. The summed E-state index contributed by atoms with van der Waals surface area (Å²) in [5.74, 6) is 0.286. The van der Waals surface area contributed by atoms with Gasteiger partial charge in [-0.2, -0.15) is 5.10 Å². The summed E-state index contributed by atoms with van der Waals surface area (Å²) < 4.78 is 53.0. The molecule has 8 heteroatoms. The fourth-order valence-corrected chi connectivity index (χ4v) is 10.5. The van der Waals surface area contributed by atoms with E-state index in [9.17, 15) is 17.2 Å². The molecule has 1 aromatic rings. The molecule has 5 nitrogen and oxygen atoms in total. The highest BCUT2D eigenvalue weighted by Gasteiger charge is 2.93. The van der Waals surface area contributed by atoms with Crippen molar-refractivity contribution in [2.24, 2.45) is 23.2 Å². The van der Waals surface area contributed by atoms with E-state index in [4.69, 9.17) is 5.10 Å². The Morgan fingerprint density at radius 3 is 2.59 bits per heavy atom. The predicted molar refractivity (Wildman–Crippen MR) is 117 cm³/mol. The molecule has 3 heterocycles. The van der Waals surface area contributed by atoms with Crippen LogP contribution in [0, 0.1) is 23.2 Å². The van der Waals surface area contributed by atoms with E-state index in [-0.39, 0.29) is 29.7 Å². The van der Waals surface area contributed by atoms with Gasteiger partial charge in [-0.3, -0.25) is 9.58 Å². The summed E-state index contributed by atoms with van der Waals surface area (Å²) >= 11 is 0. The van der Waals surface area contributed by atoms with E-state index in [1.54, 1.807) is 6.08 Å². The first-order valence-corrected chi connectivity index (χ1v) is 14.0. The molecule has 0 amide bonds. The molecule has 5 atom stereocenters. The maximum absolute atomic E-state index is 13.6. The Kier molecular flexibility index (Phi) is 3.68. The molecule has 8 rings (SSSR count). The van der Waals surface area contributed by atoms with E-state index >= 15 is 0 Å². The number of likely N-dealkylation sites (tertiary alicyclic amines) is 1. The second-order valence-corrected chi connectivity index (χ2v) is 14.0. The highest BCUT2D eigenvalue weighted by Crippen LogP contribution is 2.91. The Hall–Kier alpha value is -1.28. The van der Waals surface area contributed by atoms with Crippen LogP contribution in [0.4, 0.5) is 8.78 Å². The third kappa shape index (κ3) is 2.51. The fraction of sp³-hybridized carbons (Fsp3) is 0.792. The molecule has 0 N–H and O–H groups in total. The largest absolute Gasteiger partial charge is 0.299 e. The molecule has 2 aliphatic heterocycles. The molecule has 1 aromatic heterocycles. The highest BCUT2D eigenvalue weighted by molar-refractivity contribution is 7.92. The van der Waals surface area contributed by atoms with Gasteiger partial charge >= 0.3 is 0 Å². The lowest BCUT2D eigenvalue weighted by Gasteiger charge is -2.38. The quantitative estimate of drug-likeness (QED) is 0.684. The van der Waals surface area contributed by atoms with Crippen LogP contribution in [0.15, 0.2) is 12.1 Å². The fourth-order valence-electron chi connectivity index (χ4n) is 8.24. The number of rotatable bonds is 4. The molecule has 2 saturated heterocycles. The SMILES string of the molecule is CC(C)n1nc(C2=CCC(F)(F)CC2)cc1[C@]12C3[C@H](N4CCC5(C4)CS(=O)(=O)C5)C[C@@H]1[C@H]32. The summed E-state index contributed by atoms with van der Waals surface area (Å²) in [5.41, 5.74) is 3.45. The first-order valence-electron chi connectivity index (χ1n) is 12.2. The van der Waals surface area contributed by atoms with Gasteiger partial charge in [0.25, 0.3) is 5.92 Å². The number of hydrogen-bond donors (Lipinski definition) is 0. The van der Waals surface area contributed by atoms with Crippen LogP contribution in [0.3, 0.4) is 0 Å².